The summed E-state index contributed by atoms with van der Waals surface area (Å²) < 4.78 is 10.7. The molecular formula is C24H26N2O6. The van der Waals surface area contributed by atoms with Gasteiger partial charge in [-0.3, -0.25) is 19.2 Å². The van der Waals surface area contributed by atoms with Gasteiger partial charge in [0.15, 0.2) is 11.9 Å². The first-order valence-electron chi connectivity index (χ1n) is 10.3. The quantitative estimate of drug-likeness (QED) is 0.526. The van der Waals surface area contributed by atoms with E-state index in [1.54, 1.807) is 30.3 Å². The number of rotatable bonds is 7. The number of benzene rings is 2. The standard InChI is InChI=1S/C24H26N2O6/c1-14-5-10-21(31-4)20(11-14)26-13-18(12-22(26)28)24(30)32-16(3)23(29)25-19-8-6-17(7-9-19)15(2)27/h5-11,16,18H,12-13H2,1-4H3,(H,25,29). The molecule has 1 aliphatic rings. The van der Waals surface area contributed by atoms with E-state index in [0.717, 1.165) is 5.56 Å². The lowest BCUT2D eigenvalue weighted by atomic mass is 10.1. The molecule has 1 fully saturated rings. The molecule has 2 aromatic carbocycles. The van der Waals surface area contributed by atoms with Crippen molar-refractivity contribution in [1.29, 1.82) is 0 Å². The second kappa shape index (κ2) is 9.64. The number of methoxy groups -OCH3 is 1. The van der Waals surface area contributed by atoms with Crippen molar-refractivity contribution in [2.75, 3.05) is 23.9 Å². The molecule has 0 saturated carbocycles. The summed E-state index contributed by atoms with van der Waals surface area (Å²) in [6.07, 6.45) is -1.05. The molecule has 168 valence electrons. The van der Waals surface area contributed by atoms with Crippen LogP contribution in [0.25, 0.3) is 0 Å². The molecule has 0 bridgehead atoms. The number of carbonyl (C=O) groups excluding carboxylic acids is 4. The average Bonchev–Trinajstić information content (AvgIpc) is 3.15. The van der Waals surface area contributed by atoms with Crippen molar-refractivity contribution in [3.8, 4) is 5.75 Å². The molecule has 2 atom stereocenters. The highest BCUT2D eigenvalue weighted by molar-refractivity contribution is 6.01. The predicted octanol–water partition coefficient (Wildman–Crippen LogP) is 3.13. The highest BCUT2D eigenvalue weighted by atomic mass is 16.5. The van der Waals surface area contributed by atoms with Crippen LogP contribution in [-0.2, 0) is 19.1 Å². The number of ketones is 1. The van der Waals surface area contributed by atoms with Crippen molar-refractivity contribution < 1.29 is 28.7 Å². The number of nitrogens with one attached hydrogen (secondary N) is 1. The van der Waals surface area contributed by atoms with Gasteiger partial charge in [0.05, 0.1) is 18.7 Å². The van der Waals surface area contributed by atoms with Gasteiger partial charge in [-0.15, -0.1) is 0 Å². The monoisotopic (exact) mass is 438 g/mol. The van der Waals surface area contributed by atoms with Gasteiger partial charge in [-0.1, -0.05) is 6.07 Å². The second-order valence-electron chi connectivity index (χ2n) is 7.78. The summed E-state index contributed by atoms with van der Waals surface area (Å²) in [4.78, 5) is 50.5. The minimum atomic E-state index is -1.05. The number of hydrogen-bond acceptors (Lipinski definition) is 6. The Kier molecular flexibility index (Phi) is 6.92. The molecule has 0 spiro atoms. The lowest BCUT2D eigenvalue weighted by Gasteiger charge is -2.20. The molecule has 1 heterocycles. The van der Waals surface area contributed by atoms with Crippen molar-refractivity contribution in [2.24, 2.45) is 5.92 Å². The van der Waals surface area contributed by atoms with Crippen LogP contribution in [0.5, 0.6) is 5.75 Å². The highest BCUT2D eigenvalue weighted by Crippen LogP contribution is 2.34. The first-order valence-corrected chi connectivity index (χ1v) is 10.3. The Bertz CT molecular complexity index is 1050. The van der Waals surface area contributed by atoms with Gasteiger partial charge in [-0.05, 0) is 62.7 Å². The van der Waals surface area contributed by atoms with Gasteiger partial charge in [0.2, 0.25) is 5.91 Å². The van der Waals surface area contributed by atoms with Crippen LogP contribution in [0.2, 0.25) is 0 Å². The van der Waals surface area contributed by atoms with Gasteiger partial charge in [0.25, 0.3) is 5.91 Å². The third-order valence-electron chi connectivity index (χ3n) is 5.30. The first-order chi connectivity index (χ1) is 15.2. The van der Waals surface area contributed by atoms with E-state index in [2.05, 4.69) is 5.32 Å². The fourth-order valence-corrected chi connectivity index (χ4v) is 3.47. The van der Waals surface area contributed by atoms with E-state index in [1.165, 1.54) is 25.9 Å². The smallest absolute Gasteiger partial charge is 0.312 e. The number of aryl methyl sites for hydroxylation is 1. The maximum Gasteiger partial charge on any atom is 0.312 e. The number of amides is 2. The normalized spacial score (nSPS) is 16.4. The van der Waals surface area contributed by atoms with Gasteiger partial charge in [-0.25, -0.2) is 0 Å². The molecule has 8 heteroatoms. The number of esters is 1. The number of Topliss-reactive ketones (excluding diaryl/α,β-unsaturated/α-hetero) is 1. The van der Waals surface area contributed by atoms with Crippen molar-refractivity contribution in [2.45, 2.75) is 33.3 Å². The fourth-order valence-electron chi connectivity index (χ4n) is 3.47. The molecule has 1 aliphatic heterocycles. The Balaban J connectivity index is 1.61. The Morgan fingerprint density at radius 2 is 1.81 bits per heavy atom. The van der Waals surface area contributed by atoms with Crippen LogP contribution < -0.4 is 15.0 Å². The maximum absolute atomic E-state index is 12.6. The highest BCUT2D eigenvalue weighted by Gasteiger charge is 2.38. The van der Waals surface area contributed by atoms with E-state index < -0.39 is 23.9 Å². The predicted molar refractivity (Wildman–Crippen MR) is 119 cm³/mol. The fraction of sp³-hybridized carbons (Fsp3) is 0.333. The minimum Gasteiger partial charge on any atom is -0.495 e. The van der Waals surface area contributed by atoms with Crippen molar-refractivity contribution in [1.82, 2.24) is 0 Å². The largest absolute Gasteiger partial charge is 0.495 e. The molecule has 1 saturated heterocycles. The number of anilines is 2. The molecule has 3 rings (SSSR count). The van der Waals surface area contributed by atoms with Crippen molar-refractivity contribution >= 4 is 34.9 Å². The van der Waals surface area contributed by atoms with Crippen LogP contribution in [0, 0.1) is 12.8 Å². The molecular weight excluding hydrogens is 412 g/mol. The van der Waals surface area contributed by atoms with Gasteiger partial charge in [0.1, 0.15) is 5.75 Å². The average molecular weight is 438 g/mol. The summed E-state index contributed by atoms with van der Waals surface area (Å²) in [7, 11) is 1.52. The maximum atomic E-state index is 12.6. The zero-order chi connectivity index (χ0) is 23.4. The molecule has 32 heavy (non-hydrogen) atoms. The van der Waals surface area contributed by atoms with Crippen LogP contribution >= 0.6 is 0 Å². The molecule has 8 nitrogen and oxygen atoms in total. The molecule has 0 aromatic heterocycles. The molecule has 2 aromatic rings. The molecule has 1 N–H and O–H groups in total. The van der Waals surface area contributed by atoms with Crippen molar-refractivity contribution in [3.63, 3.8) is 0 Å². The van der Waals surface area contributed by atoms with Crippen LogP contribution in [0.4, 0.5) is 11.4 Å². The van der Waals surface area contributed by atoms with Crippen LogP contribution in [0.15, 0.2) is 42.5 Å². The van der Waals surface area contributed by atoms with Gasteiger partial charge in [0, 0.05) is 24.2 Å². The van der Waals surface area contributed by atoms with Crippen LogP contribution in [0.1, 0.15) is 36.2 Å². The molecule has 2 amide bonds. The molecule has 0 aliphatic carbocycles. The number of ether oxygens (including phenoxy) is 2. The summed E-state index contributed by atoms with van der Waals surface area (Å²) >= 11 is 0. The topological polar surface area (TPSA) is 102 Å². The van der Waals surface area contributed by atoms with Crippen LogP contribution in [-0.4, -0.2) is 43.3 Å². The van der Waals surface area contributed by atoms with E-state index >= 15 is 0 Å². The zero-order valence-electron chi connectivity index (χ0n) is 18.5. The summed E-state index contributed by atoms with van der Waals surface area (Å²) in [5.74, 6) is -1.54. The number of carbonyl (C=O) groups is 4. The van der Waals surface area contributed by atoms with E-state index in [4.69, 9.17) is 9.47 Å². The number of nitrogens with zero attached hydrogens (tertiary/aromatic N) is 1. The molecule has 2 unspecified atom stereocenters. The summed E-state index contributed by atoms with van der Waals surface area (Å²) in [6, 6.07) is 11.9. The molecule has 0 radical (unpaired) electrons. The van der Waals surface area contributed by atoms with E-state index in [1.807, 2.05) is 19.1 Å². The van der Waals surface area contributed by atoms with E-state index in [0.29, 0.717) is 22.7 Å². The number of hydrogen-bond donors (Lipinski definition) is 1. The Morgan fingerprint density at radius 1 is 1.12 bits per heavy atom. The third-order valence-corrected chi connectivity index (χ3v) is 5.30. The lowest BCUT2D eigenvalue weighted by Crippen LogP contribution is -2.33. The van der Waals surface area contributed by atoms with Crippen LogP contribution in [0.3, 0.4) is 0 Å². The minimum absolute atomic E-state index is 0.00320. The second-order valence-corrected chi connectivity index (χ2v) is 7.78. The van der Waals surface area contributed by atoms with E-state index in [-0.39, 0.29) is 24.7 Å². The van der Waals surface area contributed by atoms with Crippen molar-refractivity contribution in [3.05, 3.63) is 53.6 Å². The zero-order valence-corrected chi connectivity index (χ0v) is 18.5. The summed E-state index contributed by atoms with van der Waals surface area (Å²) in [5.41, 5.74) is 2.58. The third kappa shape index (κ3) is 5.14. The lowest BCUT2D eigenvalue weighted by molar-refractivity contribution is -0.157. The Labute approximate surface area is 186 Å². The van der Waals surface area contributed by atoms with Gasteiger partial charge in [-0.2, -0.15) is 0 Å². The summed E-state index contributed by atoms with van der Waals surface area (Å²) in [5, 5.41) is 2.65. The Morgan fingerprint density at radius 3 is 2.44 bits per heavy atom. The Hall–Kier alpha value is -3.68. The first kappa shape index (κ1) is 23.0. The van der Waals surface area contributed by atoms with Gasteiger partial charge >= 0.3 is 5.97 Å². The van der Waals surface area contributed by atoms with E-state index in [9.17, 15) is 19.2 Å². The van der Waals surface area contributed by atoms with Gasteiger partial charge < -0.3 is 19.7 Å². The summed E-state index contributed by atoms with van der Waals surface area (Å²) in [6.45, 7) is 4.98. The SMILES string of the molecule is COc1ccc(C)cc1N1CC(C(=O)OC(C)C(=O)Nc2ccc(C(C)=O)cc2)CC1=O.